The molecule has 3 rings (SSSR count). The van der Waals surface area contributed by atoms with Gasteiger partial charge in [-0.3, -0.25) is 4.79 Å². The van der Waals surface area contributed by atoms with Gasteiger partial charge in [-0.1, -0.05) is 65.8 Å². The number of aromatic nitrogens is 1. The van der Waals surface area contributed by atoms with Gasteiger partial charge in [0.15, 0.2) is 5.76 Å². The van der Waals surface area contributed by atoms with Crippen molar-refractivity contribution in [1.29, 1.82) is 0 Å². The van der Waals surface area contributed by atoms with Crippen LogP contribution < -0.4 is 5.32 Å². The van der Waals surface area contributed by atoms with Crippen molar-refractivity contribution in [3.05, 3.63) is 78.5 Å². The molecule has 0 saturated heterocycles. The van der Waals surface area contributed by atoms with Gasteiger partial charge in [0.05, 0.1) is 6.54 Å². The molecule has 0 spiro atoms. The van der Waals surface area contributed by atoms with Crippen molar-refractivity contribution in [2.24, 2.45) is 0 Å². The Morgan fingerprint density at radius 1 is 1.04 bits per heavy atom. The first-order chi connectivity index (χ1) is 11.8. The Bertz CT molecular complexity index is 834. The predicted molar refractivity (Wildman–Crippen MR) is 94.0 cm³/mol. The first kappa shape index (κ1) is 15.7. The summed E-state index contributed by atoms with van der Waals surface area (Å²) in [6.07, 6.45) is 3.17. The highest BCUT2D eigenvalue weighted by atomic mass is 16.5. The molecule has 120 valence electrons. The van der Waals surface area contributed by atoms with E-state index in [0.717, 1.165) is 11.1 Å². The van der Waals surface area contributed by atoms with Crippen LogP contribution in [0.5, 0.6) is 0 Å². The fourth-order valence-corrected chi connectivity index (χ4v) is 2.38. The minimum atomic E-state index is -0.144. The fourth-order valence-electron chi connectivity index (χ4n) is 2.38. The first-order valence-electron chi connectivity index (χ1n) is 7.78. The summed E-state index contributed by atoms with van der Waals surface area (Å²) in [7, 11) is 0. The molecule has 0 unspecified atom stereocenters. The van der Waals surface area contributed by atoms with Gasteiger partial charge in [-0.15, -0.1) is 0 Å². The molecule has 4 heteroatoms. The molecule has 0 aliphatic heterocycles. The molecular weight excluding hydrogens is 300 g/mol. The van der Waals surface area contributed by atoms with Gasteiger partial charge in [0, 0.05) is 11.6 Å². The molecule has 0 aliphatic rings. The van der Waals surface area contributed by atoms with E-state index in [0.29, 0.717) is 18.0 Å². The Labute approximate surface area is 140 Å². The van der Waals surface area contributed by atoms with Crippen molar-refractivity contribution in [2.75, 3.05) is 0 Å². The molecule has 0 saturated carbocycles. The van der Waals surface area contributed by atoms with Crippen LogP contribution in [0.3, 0.4) is 0 Å². The van der Waals surface area contributed by atoms with E-state index in [1.54, 1.807) is 13.0 Å². The lowest BCUT2D eigenvalue weighted by Crippen LogP contribution is -2.20. The number of benzene rings is 2. The number of nitrogens with one attached hydrogen (secondary N) is 1. The third-order valence-electron chi connectivity index (χ3n) is 3.60. The Morgan fingerprint density at radius 2 is 1.71 bits per heavy atom. The van der Waals surface area contributed by atoms with E-state index in [1.165, 1.54) is 11.6 Å². The number of amides is 1. The molecule has 24 heavy (non-hydrogen) atoms. The van der Waals surface area contributed by atoms with Gasteiger partial charge in [0.1, 0.15) is 5.69 Å². The first-order valence-corrected chi connectivity index (χ1v) is 7.78. The van der Waals surface area contributed by atoms with Gasteiger partial charge >= 0.3 is 0 Å². The molecule has 3 aromatic rings. The summed E-state index contributed by atoms with van der Waals surface area (Å²) in [4.78, 5) is 11.4. The van der Waals surface area contributed by atoms with Gasteiger partial charge in [0.25, 0.3) is 0 Å². The van der Waals surface area contributed by atoms with Gasteiger partial charge in [-0.05, 0) is 24.1 Å². The Morgan fingerprint density at radius 3 is 2.42 bits per heavy atom. The number of carbonyl (C=O) groups is 1. The maximum absolute atomic E-state index is 11.4. The van der Waals surface area contributed by atoms with Crippen LogP contribution in [-0.4, -0.2) is 11.1 Å². The van der Waals surface area contributed by atoms with Gasteiger partial charge in [-0.2, -0.15) is 0 Å². The van der Waals surface area contributed by atoms with Crippen LogP contribution in [-0.2, 0) is 11.3 Å². The zero-order chi connectivity index (χ0) is 16.8. The second-order valence-electron chi connectivity index (χ2n) is 5.34. The molecule has 2 aromatic carbocycles. The predicted octanol–water partition coefficient (Wildman–Crippen LogP) is 4.20. The van der Waals surface area contributed by atoms with Crippen LogP contribution in [0, 0.1) is 0 Å². The van der Waals surface area contributed by atoms with Crippen LogP contribution in [0.15, 0.2) is 77.3 Å². The molecule has 1 amide bonds. The fraction of sp³-hybridized carbons (Fsp3) is 0.100. The van der Waals surface area contributed by atoms with Crippen LogP contribution in [0.2, 0.25) is 0 Å². The summed E-state index contributed by atoms with van der Waals surface area (Å²) in [5.74, 6) is 0.541. The lowest BCUT2D eigenvalue weighted by Gasteiger charge is -2.02. The van der Waals surface area contributed by atoms with Crippen LogP contribution in [0.1, 0.15) is 12.6 Å². The maximum Gasteiger partial charge on any atom is 0.243 e. The van der Waals surface area contributed by atoms with E-state index >= 15 is 0 Å². The van der Waals surface area contributed by atoms with Crippen LogP contribution >= 0.6 is 0 Å². The minimum absolute atomic E-state index is 0.144. The molecule has 1 aromatic heterocycles. The average Bonchev–Trinajstić information content (AvgIpc) is 3.10. The van der Waals surface area contributed by atoms with Crippen LogP contribution in [0.25, 0.3) is 22.5 Å². The van der Waals surface area contributed by atoms with Crippen LogP contribution in [0.4, 0.5) is 0 Å². The van der Waals surface area contributed by atoms with Crippen molar-refractivity contribution in [2.45, 2.75) is 13.5 Å². The van der Waals surface area contributed by atoms with E-state index in [4.69, 9.17) is 4.52 Å². The molecule has 0 atom stereocenters. The van der Waals surface area contributed by atoms with Crippen molar-refractivity contribution < 1.29 is 9.32 Å². The third-order valence-corrected chi connectivity index (χ3v) is 3.60. The number of allylic oxidation sites excluding steroid dienone is 1. The van der Waals surface area contributed by atoms with Crippen molar-refractivity contribution >= 4 is 5.91 Å². The van der Waals surface area contributed by atoms with Gasteiger partial charge < -0.3 is 9.84 Å². The topological polar surface area (TPSA) is 55.1 Å². The largest absolute Gasteiger partial charge is 0.356 e. The second-order valence-corrected chi connectivity index (χ2v) is 5.34. The minimum Gasteiger partial charge on any atom is -0.356 e. The number of hydrogen-bond donors (Lipinski definition) is 1. The van der Waals surface area contributed by atoms with E-state index in [-0.39, 0.29) is 5.91 Å². The summed E-state index contributed by atoms with van der Waals surface area (Å²) in [5.41, 5.74) is 3.97. The van der Waals surface area contributed by atoms with Gasteiger partial charge in [-0.25, -0.2) is 0 Å². The molecule has 0 aliphatic carbocycles. The highest BCUT2D eigenvalue weighted by molar-refractivity contribution is 5.87. The molecule has 0 radical (unpaired) electrons. The van der Waals surface area contributed by atoms with Crippen molar-refractivity contribution in [1.82, 2.24) is 10.5 Å². The quantitative estimate of drug-likeness (QED) is 0.717. The molecule has 1 heterocycles. The lowest BCUT2D eigenvalue weighted by atomic mass is 10.0. The second kappa shape index (κ2) is 7.42. The SMILES string of the molecule is C/C=C\C(=O)NCc1cc(-c2ccc(-c3ccccc3)cc2)on1. The smallest absolute Gasteiger partial charge is 0.243 e. The highest BCUT2D eigenvalue weighted by Crippen LogP contribution is 2.25. The van der Waals surface area contributed by atoms with E-state index in [1.807, 2.05) is 36.4 Å². The highest BCUT2D eigenvalue weighted by Gasteiger charge is 2.08. The van der Waals surface area contributed by atoms with E-state index < -0.39 is 0 Å². The molecule has 4 nitrogen and oxygen atoms in total. The molecule has 0 fully saturated rings. The summed E-state index contributed by atoms with van der Waals surface area (Å²) >= 11 is 0. The summed E-state index contributed by atoms with van der Waals surface area (Å²) < 4.78 is 5.37. The molecule has 1 N–H and O–H groups in total. The van der Waals surface area contributed by atoms with Crippen molar-refractivity contribution in [3.8, 4) is 22.5 Å². The molecular formula is C20H18N2O2. The summed E-state index contributed by atoms with van der Waals surface area (Å²) in [6.45, 7) is 2.14. The number of nitrogens with zero attached hydrogens (tertiary/aromatic N) is 1. The average molecular weight is 318 g/mol. The summed E-state index contributed by atoms with van der Waals surface area (Å²) in [6, 6.07) is 20.2. The lowest BCUT2D eigenvalue weighted by molar-refractivity contribution is -0.116. The number of carbonyl (C=O) groups excluding carboxylic acids is 1. The Balaban J connectivity index is 1.70. The van der Waals surface area contributed by atoms with E-state index in [2.05, 4.69) is 34.7 Å². The summed E-state index contributed by atoms with van der Waals surface area (Å²) in [5, 5.41) is 6.74. The third kappa shape index (κ3) is 3.79. The monoisotopic (exact) mass is 318 g/mol. The zero-order valence-corrected chi connectivity index (χ0v) is 13.4. The number of hydrogen-bond acceptors (Lipinski definition) is 3. The number of rotatable bonds is 5. The Kier molecular flexibility index (Phi) is 4.87. The van der Waals surface area contributed by atoms with E-state index in [9.17, 15) is 4.79 Å². The Hall–Kier alpha value is -3.14. The normalized spacial score (nSPS) is 10.9. The van der Waals surface area contributed by atoms with Gasteiger partial charge in [0.2, 0.25) is 5.91 Å². The van der Waals surface area contributed by atoms with Crippen molar-refractivity contribution in [3.63, 3.8) is 0 Å². The zero-order valence-electron chi connectivity index (χ0n) is 13.4. The standard InChI is InChI=1S/C20H18N2O2/c1-2-6-20(23)21-14-18-13-19(24-22-18)17-11-9-16(10-12-17)15-7-4-3-5-8-15/h2-13H,14H2,1H3,(H,21,23)/b6-2-. The molecule has 0 bridgehead atoms. The maximum atomic E-state index is 11.4.